The van der Waals surface area contributed by atoms with Crippen LogP contribution in [0.4, 0.5) is 0 Å². The third kappa shape index (κ3) is 6.08. The van der Waals surface area contributed by atoms with Gasteiger partial charge in [0.2, 0.25) is 0 Å². The molecule has 1 amide bonds. The molecule has 0 saturated heterocycles. The zero-order chi connectivity index (χ0) is 20.5. The fourth-order valence-electron chi connectivity index (χ4n) is 2.62. The van der Waals surface area contributed by atoms with Crippen molar-refractivity contribution >= 4 is 23.2 Å². The van der Waals surface area contributed by atoms with Crippen LogP contribution in [-0.2, 0) is 14.3 Å². The summed E-state index contributed by atoms with van der Waals surface area (Å²) in [5.74, 6) is 0.192. The fraction of sp³-hybridized carbons (Fsp3) is 0.182. The van der Waals surface area contributed by atoms with E-state index in [1.165, 1.54) is 0 Å². The second-order valence-electron chi connectivity index (χ2n) is 6.05. The van der Waals surface area contributed by atoms with E-state index in [0.717, 1.165) is 10.4 Å². The number of ether oxygens (including phenoxy) is 3. The lowest BCUT2D eigenvalue weighted by Crippen LogP contribution is -2.33. The van der Waals surface area contributed by atoms with Crippen LogP contribution in [0.15, 0.2) is 72.1 Å². The Labute approximate surface area is 173 Å². The number of hydrogen-bond acceptors (Lipinski definition) is 6. The predicted molar refractivity (Wildman–Crippen MR) is 110 cm³/mol. The monoisotopic (exact) mass is 411 g/mol. The van der Waals surface area contributed by atoms with E-state index in [9.17, 15) is 9.59 Å². The lowest BCUT2D eigenvalue weighted by atomic mass is 10.1. The van der Waals surface area contributed by atoms with Gasteiger partial charge < -0.3 is 19.5 Å². The lowest BCUT2D eigenvalue weighted by Gasteiger charge is -2.18. The van der Waals surface area contributed by atoms with Crippen LogP contribution >= 0.6 is 11.3 Å². The molecule has 0 aliphatic rings. The Kier molecular flexibility index (Phi) is 7.24. The Morgan fingerprint density at radius 1 is 0.931 bits per heavy atom. The standard InChI is InChI=1S/C22H21NO5S/c1-26-17-9-11-18(12-10-17)27-15-21(25)28-14-20(24)23-22(19-8-5-13-29-19)16-6-3-2-4-7-16/h2-13,22H,14-15H2,1H3,(H,23,24)/t22-/m1/s1. The molecule has 0 aliphatic carbocycles. The van der Waals surface area contributed by atoms with Crippen LogP contribution in [0.25, 0.3) is 0 Å². The van der Waals surface area contributed by atoms with E-state index in [4.69, 9.17) is 14.2 Å². The molecule has 6 nitrogen and oxygen atoms in total. The second-order valence-corrected chi connectivity index (χ2v) is 7.03. The minimum absolute atomic E-state index is 0.285. The van der Waals surface area contributed by atoms with Gasteiger partial charge in [-0.1, -0.05) is 36.4 Å². The molecule has 0 saturated carbocycles. The van der Waals surface area contributed by atoms with Crippen LogP contribution in [0.5, 0.6) is 11.5 Å². The number of benzene rings is 2. The fourth-order valence-corrected chi connectivity index (χ4v) is 3.43. The van der Waals surface area contributed by atoms with Crippen molar-refractivity contribution in [1.29, 1.82) is 0 Å². The largest absolute Gasteiger partial charge is 0.497 e. The van der Waals surface area contributed by atoms with E-state index in [-0.39, 0.29) is 25.2 Å². The number of carbonyl (C=O) groups is 2. The van der Waals surface area contributed by atoms with Gasteiger partial charge in [-0.05, 0) is 41.3 Å². The maximum Gasteiger partial charge on any atom is 0.344 e. The van der Waals surface area contributed by atoms with Gasteiger partial charge in [0.25, 0.3) is 5.91 Å². The minimum atomic E-state index is -0.622. The third-order valence-corrected chi connectivity index (χ3v) is 4.98. The zero-order valence-electron chi connectivity index (χ0n) is 15.9. The topological polar surface area (TPSA) is 73.9 Å². The number of esters is 1. The van der Waals surface area contributed by atoms with E-state index in [2.05, 4.69) is 5.32 Å². The molecular formula is C22H21NO5S. The van der Waals surface area contributed by atoms with Gasteiger partial charge >= 0.3 is 5.97 Å². The van der Waals surface area contributed by atoms with Crippen molar-refractivity contribution in [2.75, 3.05) is 20.3 Å². The van der Waals surface area contributed by atoms with Gasteiger partial charge in [0.15, 0.2) is 13.2 Å². The first-order chi connectivity index (χ1) is 14.2. The SMILES string of the molecule is COc1ccc(OCC(=O)OCC(=O)N[C@H](c2ccccc2)c2cccs2)cc1. The quantitative estimate of drug-likeness (QED) is 0.545. The zero-order valence-corrected chi connectivity index (χ0v) is 16.7. The smallest absolute Gasteiger partial charge is 0.344 e. The first kappa shape index (κ1) is 20.4. The summed E-state index contributed by atoms with van der Waals surface area (Å²) in [5.41, 5.74) is 0.956. The average molecular weight is 411 g/mol. The molecule has 1 N–H and O–H groups in total. The van der Waals surface area contributed by atoms with E-state index in [1.807, 2.05) is 47.8 Å². The molecule has 1 heterocycles. The normalized spacial score (nSPS) is 11.3. The van der Waals surface area contributed by atoms with E-state index >= 15 is 0 Å². The highest BCUT2D eigenvalue weighted by atomic mass is 32.1. The molecule has 0 radical (unpaired) electrons. The molecule has 0 spiro atoms. The summed E-state index contributed by atoms with van der Waals surface area (Å²) < 4.78 is 15.4. The van der Waals surface area contributed by atoms with Crippen molar-refractivity contribution in [3.8, 4) is 11.5 Å². The van der Waals surface area contributed by atoms with E-state index in [1.54, 1.807) is 42.7 Å². The average Bonchev–Trinajstić information content (AvgIpc) is 3.30. The highest BCUT2D eigenvalue weighted by molar-refractivity contribution is 7.10. The van der Waals surface area contributed by atoms with Crippen molar-refractivity contribution in [2.24, 2.45) is 0 Å². The molecule has 0 unspecified atom stereocenters. The number of nitrogens with one attached hydrogen (secondary N) is 1. The number of methoxy groups -OCH3 is 1. The molecule has 0 aliphatic heterocycles. The number of amides is 1. The summed E-state index contributed by atoms with van der Waals surface area (Å²) in [7, 11) is 1.57. The molecule has 3 aromatic rings. The van der Waals surface area contributed by atoms with Crippen molar-refractivity contribution in [1.82, 2.24) is 5.32 Å². The van der Waals surface area contributed by atoms with Crippen LogP contribution in [0.3, 0.4) is 0 Å². The number of thiophene rings is 1. The summed E-state index contributed by atoms with van der Waals surface area (Å²) >= 11 is 1.55. The summed E-state index contributed by atoms with van der Waals surface area (Å²) in [4.78, 5) is 25.2. The molecular weight excluding hydrogens is 390 g/mol. The molecule has 29 heavy (non-hydrogen) atoms. The predicted octanol–water partition coefficient (Wildman–Crippen LogP) is 3.58. The first-order valence-electron chi connectivity index (χ1n) is 8.96. The third-order valence-electron chi connectivity index (χ3n) is 4.05. The van der Waals surface area contributed by atoms with Crippen LogP contribution in [0, 0.1) is 0 Å². The maximum atomic E-state index is 12.3. The van der Waals surface area contributed by atoms with Crippen LogP contribution in [-0.4, -0.2) is 32.2 Å². The van der Waals surface area contributed by atoms with Crippen molar-refractivity contribution in [3.63, 3.8) is 0 Å². The number of rotatable bonds is 9. The van der Waals surface area contributed by atoms with Gasteiger partial charge in [0, 0.05) is 4.88 Å². The van der Waals surface area contributed by atoms with Crippen LogP contribution < -0.4 is 14.8 Å². The van der Waals surface area contributed by atoms with Crippen molar-refractivity contribution in [3.05, 3.63) is 82.6 Å². The lowest BCUT2D eigenvalue weighted by molar-refractivity contribution is -0.150. The Hall–Kier alpha value is -3.32. The van der Waals surface area contributed by atoms with Gasteiger partial charge in [-0.3, -0.25) is 4.79 Å². The summed E-state index contributed by atoms with van der Waals surface area (Å²) in [6, 6.07) is 20.0. The number of carbonyl (C=O) groups excluding carboxylic acids is 2. The highest BCUT2D eigenvalue weighted by Crippen LogP contribution is 2.25. The molecule has 2 aromatic carbocycles. The van der Waals surface area contributed by atoms with Gasteiger partial charge in [-0.15, -0.1) is 11.3 Å². The maximum absolute atomic E-state index is 12.3. The summed E-state index contributed by atoms with van der Waals surface area (Å²) in [6.45, 7) is -0.661. The molecule has 1 atom stereocenters. The van der Waals surface area contributed by atoms with E-state index in [0.29, 0.717) is 11.5 Å². The molecule has 0 fully saturated rings. The second kappa shape index (κ2) is 10.3. The van der Waals surface area contributed by atoms with Gasteiger partial charge in [0.05, 0.1) is 13.2 Å². The number of hydrogen-bond donors (Lipinski definition) is 1. The Balaban J connectivity index is 1.49. The van der Waals surface area contributed by atoms with Crippen molar-refractivity contribution < 1.29 is 23.8 Å². The van der Waals surface area contributed by atoms with Gasteiger partial charge in [0.1, 0.15) is 11.5 Å². The molecule has 1 aromatic heterocycles. The minimum Gasteiger partial charge on any atom is -0.497 e. The van der Waals surface area contributed by atoms with Crippen molar-refractivity contribution in [2.45, 2.75) is 6.04 Å². The molecule has 7 heteroatoms. The Morgan fingerprint density at radius 2 is 1.66 bits per heavy atom. The molecule has 150 valence electrons. The van der Waals surface area contributed by atoms with Gasteiger partial charge in [-0.2, -0.15) is 0 Å². The van der Waals surface area contributed by atoms with Crippen LogP contribution in [0.1, 0.15) is 16.5 Å². The highest BCUT2D eigenvalue weighted by Gasteiger charge is 2.18. The Bertz CT molecular complexity index is 910. The summed E-state index contributed by atoms with van der Waals surface area (Å²) in [5, 5.41) is 4.87. The summed E-state index contributed by atoms with van der Waals surface area (Å²) in [6.07, 6.45) is 0. The molecule has 3 rings (SSSR count). The molecule has 0 bridgehead atoms. The van der Waals surface area contributed by atoms with Crippen LogP contribution in [0.2, 0.25) is 0 Å². The Morgan fingerprint density at radius 3 is 2.31 bits per heavy atom. The van der Waals surface area contributed by atoms with E-state index < -0.39 is 5.97 Å². The van der Waals surface area contributed by atoms with Gasteiger partial charge in [-0.25, -0.2) is 4.79 Å². The first-order valence-corrected chi connectivity index (χ1v) is 9.84.